The van der Waals surface area contributed by atoms with Crippen molar-refractivity contribution >= 4 is 11.7 Å². The van der Waals surface area contributed by atoms with E-state index in [0.717, 1.165) is 0 Å². The van der Waals surface area contributed by atoms with Crippen molar-refractivity contribution in [1.29, 1.82) is 0 Å². The molecule has 0 unspecified atom stereocenters. The minimum Gasteiger partial charge on any atom is -0.466 e. The number of para-hydroxylation sites is 2. The number of hydrogen-bond acceptors (Lipinski definition) is 4. The van der Waals surface area contributed by atoms with Crippen LogP contribution >= 0.6 is 0 Å². The molecule has 0 aliphatic heterocycles. The van der Waals surface area contributed by atoms with Crippen molar-refractivity contribution in [3.8, 4) is 5.75 Å². The molecule has 0 amide bonds. The van der Waals surface area contributed by atoms with Gasteiger partial charge in [-0.15, -0.1) is 0 Å². The van der Waals surface area contributed by atoms with E-state index >= 15 is 0 Å². The van der Waals surface area contributed by atoms with Crippen LogP contribution in [0, 0.1) is 0 Å². The van der Waals surface area contributed by atoms with Crippen LogP contribution in [0.5, 0.6) is 5.75 Å². The fourth-order valence-electron chi connectivity index (χ4n) is 0.819. The van der Waals surface area contributed by atoms with Gasteiger partial charge in [0.25, 0.3) is 0 Å². The van der Waals surface area contributed by atoms with E-state index in [-0.39, 0.29) is 0 Å². The van der Waals surface area contributed by atoms with Crippen molar-refractivity contribution in [3.63, 3.8) is 0 Å². The number of carbonyl (C=O) groups is 1. The van der Waals surface area contributed by atoms with Gasteiger partial charge in [0.05, 0.1) is 25.1 Å². The first-order chi connectivity index (χ1) is 6.74. The van der Waals surface area contributed by atoms with Crippen LogP contribution in [-0.2, 0) is 9.53 Å². The summed E-state index contributed by atoms with van der Waals surface area (Å²) < 4.78 is 9.48. The third-order valence-electron chi connectivity index (χ3n) is 1.52. The molecule has 4 nitrogen and oxygen atoms in total. The first kappa shape index (κ1) is 10.1. The molecule has 0 bridgehead atoms. The van der Waals surface area contributed by atoms with Gasteiger partial charge in [0.2, 0.25) is 0 Å². The lowest BCUT2D eigenvalue weighted by molar-refractivity contribution is -0.134. The molecule has 1 rings (SSSR count). The summed E-state index contributed by atoms with van der Waals surface area (Å²) in [5.74, 6) is 0.0344. The average molecular weight is 193 g/mol. The highest BCUT2D eigenvalue weighted by molar-refractivity contribution is 5.81. The molecule has 1 aromatic carbocycles. The molecule has 0 aliphatic rings. The van der Waals surface area contributed by atoms with E-state index in [2.05, 4.69) is 4.74 Å². The number of esters is 1. The zero-order valence-corrected chi connectivity index (χ0v) is 7.77. The third kappa shape index (κ3) is 2.82. The number of nitrogens with two attached hydrogens (primary N) is 1. The molecule has 4 heteroatoms. The molecule has 0 heterocycles. The Hall–Kier alpha value is -1.97. The molecule has 0 aliphatic carbocycles. The van der Waals surface area contributed by atoms with Crippen molar-refractivity contribution in [1.82, 2.24) is 0 Å². The third-order valence-corrected chi connectivity index (χ3v) is 1.52. The van der Waals surface area contributed by atoms with Crippen LogP contribution < -0.4 is 10.5 Å². The van der Waals surface area contributed by atoms with Crippen LogP contribution in [0.1, 0.15) is 0 Å². The Balaban J connectivity index is 2.58. The number of rotatable bonds is 3. The Bertz CT molecular complexity index is 347. The first-order valence-electron chi connectivity index (χ1n) is 3.99. The molecule has 0 radical (unpaired) electrons. The maximum atomic E-state index is 10.7. The van der Waals surface area contributed by atoms with Crippen LogP contribution in [-0.4, -0.2) is 13.1 Å². The molecule has 0 fully saturated rings. The second kappa shape index (κ2) is 4.91. The SMILES string of the molecule is COC(=O)/C=C/Oc1ccccc1N. The zero-order chi connectivity index (χ0) is 10.4. The topological polar surface area (TPSA) is 61.5 Å². The zero-order valence-electron chi connectivity index (χ0n) is 7.77. The lowest BCUT2D eigenvalue weighted by Crippen LogP contribution is -1.96. The van der Waals surface area contributed by atoms with Gasteiger partial charge < -0.3 is 15.2 Å². The molecule has 0 saturated heterocycles. The predicted molar refractivity (Wildman–Crippen MR) is 52.6 cm³/mol. The second-order valence-electron chi connectivity index (χ2n) is 2.48. The first-order valence-corrected chi connectivity index (χ1v) is 3.99. The van der Waals surface area contributed by atoms with Crippen LogP contribution in [0.4, 0.5) is 5.69 Å². The fraction of sp³-hybridized carbons (Fsp3) is 0.100. The number of benzene rings is 1. The number of hydrogen-bond donors (Lipinski definition) is 1. The fourth-order valence-corrected chi connectivity index (χ4v) is 0.819. The molecule has 1 aromatic rings. The largest absolute Gasteiger partial charge is 0.466 e. The number of nitrogen functional groups attached to an aromatic ring is 1. The van der Waals surface area contributed by atoms with Gasteiger partial charge in [-0.25, -0.2) is 4.79 Å². The van der Waals surface area contributed by atoms with Crippen LogP contribution in [0.25, 0.3) is 0 Å². The Labute approximate surface area is 81.9 Å². The quantitative estimate of drug-likeness (QED) is 0.340. The van der Waals surface area contributed by atoms with Crippen LogP contribution in [0.2, 0.25) is 0 Å². The standard InChI is InChI=1S/C10H11NO3/c1-13-10(12)6-7-14-9-5-3-2-4-8(9)11/h2-7H,11H2,1H3/b7-6+. The molecule has 0 aromatic heterocycles. The van der Waals surface area contributed by atoms with Gasteiger partial charge >= 0.3 is 5.97 Å². The Morgan fingerprint density at radius 3 is 2.79 bits per heavy atom. The summed E-state index contributed by atoms with van der Waals surface area (Å²) in [5, 5.41) is 0. The van der Waals surface area contributed by atoms with E-state index in [1.165, 1.54) is 19.4 Å². The normalized spacial score (nSPS) is 10.1. The van der Waals surface area contributed by atoms with Crippen LogP contribution in [0.3, 0.4) is 0 Å². The minimum atomic E-state index is -0.473. The summed E-state index contributed by atoms with van der Waals surface area (Å²) in [5.41, 5.74) is 6.11. The maximum absolute atomic E-state index is 10.7. The summed E-state index contributed by atoms with van der Waals surface area (Å²) in [4.78, 5) is 10.7. The van der Waals surface area contributed by atoms with E-state index in [0.29, 0.717) is 11.4 Å². The maximum Gasteiger partial charge on any atom is 0.333 e. The summed E-state index contributed by atoms with van der Waals surface area (Å²) in [6.07, 6.45) is 2.41. The van der Waals surface area contributed by atoms with Gasteiger partial charge in [-0.1, -0.05) is 12.1 Å². The van der Waals surface area contributed by atoms with E-state index in [9.17, 15) is 4.79 Å². The van der Waals surface area contributed by atoms with Gasteiger partial charge in [0.1, 0.15) is 5.75 Å². The van der Waals surface area contributed by atoms with Gasteiger partial charge in [0.15, 0.2) is 0 Å². The summed E-state index contributed by atoms with van der Waals surface area (Å²) in [6.45, 7) is 0. The average Bonchev–Trinajstić information content (AvgIpc) is 2.20. The molecular formula is C10H11NO3. The molecular weight excluding hydrogens is 182 g/mol. The summed E-state index contributed by atoms with van der Waals surface area (Å²) in [7, 11) is 1.30. The number of methoxy groups -OCH3 is 1. The lowest BCUT2D eigenvalue weighted by Gasteiger charge is -2.02. The smallest absolute Gasteiger partial charge is 0.333 e. The monoisotopic (exact) mass is 193 g/mol. The van der Waals surface area contributed by atoms with Gasteiger partial charge in [-0.3, -0.25) is 0 Å². The highest BCUT2D eigenvalue weighted by Crippen LogP contribution is 2.19. The predicted octanol–water partition coefficient (Wildman–Crippen LogP) is 1.33. The van der Waals surface area contributed by atoms with E-state index in [1.54, 1.807) is 24.3 Å². The van der Waals surface area contributed by atoms with E-state index in [1.807, 2.05) is 0 Å². The minimum absolute atomic E-state index is 0.473. The summed E-state index contributed by atoms with van der Waals surface area (Å²) >= 11 is 0. The molecule has 74 valence electrons. The van der Waals surface area contributed by atoms with Crippen molar-refractivity contribution in [2.24, 2.45) is 0 Å². The van der Waals surface area contributed by atoms with Crippen molar-refractivity contribution < 1.29 is 14.3 Å². The van der Waals surface area contributed by atoms with Gasteiger partial charge in [0, 0.05) is 0 Å². The van der Waals surface area contributed by atoms with Crippen LogP contribution in [0.15, 0.2) is 36.6 Å². The van der Waals surface area contributed by atoms with Crippen molar-refractivity contribution in [2.45, 2.75) is 0 Å². The molecule has 2 N–H and O–H groups in total. The van der Waals surface area contributed by atoms with Gasteiger partial charge in [-0.2, -0.15) is 0 Å². The highest BCUT2D eigenvalue weighted by Gasteiger charge is 1.96. The molecule has 0 saturated carbocycles. The molecule has 14 heavy (non-hydrogen) atoms. The Kier molecular flexibility index (Phi) is 3.55. The second-order valence-corrected chi connectivity index (χ2v) is 2.48. The number of carbonyl (C=O) groups excluding carboxylic acids is 1. The summed E-state index contributed by atoms with van der Waals surface area (Å²) in [6, 6.07) is 7.00. The lowest BCUT2D eigenvalue weighted by atomic mass is 10.3. The highest BCUT2D eigenvalue weighted by atomic mass is 16.5. The van der Waals surface area contributed by atoms with Crippen molar-refractivity contribution in [3.05, 3.63) is 36.6 Å². The van der Waals surface area contributed by atoms with E-state index < -0.39 is 5.97 Å². The Morgan fingerprint density at radius 2 is 2.14 bits per heavy atom. The van der Waals surface area contributed by atoms with E-state index in [4.69, 9.17) is 10.5 Å². The molecule has 0 atom stereocenters. The number of anilines is 1. The number of ether oxygens (including phenoxy) is 2. The van der Waals surface area contributed by atoms with Gasteiger partial charge in [-0.05, 0) is 12.1 Å². The van der Waals surface area contributed by atoms with Crippen molar-refractivity contribution in [2.75, 3.05) is 12.8 Å². The molecule has 0 spiro atoms. The Morgan fingerprint density at radius 1 is 1.43 bits per heavy atom.